The summed E-state index contributed by atoms with van der Waals surface area (Å²) in [5.74, 6) is 1.24. The van der Waals surface area contributed by atoms with Crippen molar-refractivity contribution in [1.82, 2.24) is 14.5 Å². The molecule has 0 saturated heterocycles. The van der Waals surface area contributed by atoms with Crippen LogP contribution >= 0.6 is 0 Å². The predicted molar refractivity (Wildman–Crippen MR) is 55.1 cm³/mol. The summed E-state index contributed by atoms with van der Waals surface area (Å²) in [6.07, 6.45) is 8.73. The number of aryl methyl sites for hydroxylation is 2. The van der Waals surface area contributed by atoms with Gasteiger partial charge in [-0.2, -0.15) is 0 Å². The molecular weight excluding hydrogens is 174 g/mol. The smallest absolute Gasteiger partial charge is 0.109 e. The molecular formula is C11H13N3. The number of imidazole rings is 1. The lowest BCUT2D eigenvalue weighted by atomic mass is 10.2. The Bertz CT molecular complexity index is 459. The Hall–Kier alpha value is -1.38. The molecule has 0 aliphatic carbocycles. The van der Waals surface area contributed by atoms with Gasteiger partial charge in [-0.3, -0.25) is 4.98 Å². The molecule has 0 N–H and O–H groups in total. The van der Waals surface area contributed by atoms with Crippen LogP contribution in [0.1, 0.15) is 25.1 Å². The van der Waals surface area contributed by atoms with Crippen molar-refractivity contribution in [2.75, 3.05) is 0 Å². The Morgan fingerprint density at radius 1 is 1.21 bits per heavy atom. The largest absolute Gasteiger partial charge is 0.327 e. The van der Waals surface area contributed by atoms with E-state index < -0.39 is 0 Å². The Labute approximate surface area is 82.8 Å². The summed E-state index contributed by atoms with van der Waals surface area (Å²) < 4.78 is 2.33. The van der Waals surface area contributed by atoms with Gasteiger partial charge in [-0.1, -0.05) is 6.42 Å². The minimum Gasteiger partial charge on any atom is -0.327 e. The lowest BCUT2D eigenvalue weighted by Crippen LogP contribution is -2.00. The van der Waals surface area contributed by atoms with E-state index in [9.17, 15) is 0 Å². The highest BCUT2D eigenvalue weighted by Gasteiger charge is 2.12. The summed E-state index contributed by atoms with van der Waals surface area (Å²) in [5.41, 5.74) is 2.29. The fourth-order valence-corrected chi connectivity index (χ4v) is 2.19. The first-order valence-electron chi connectivity index (χ1n) is 5.24. The molecule has 3 rings (SSSR count). The van der Waals surface area contributed by atoms with Crippen LogP contribution in [-0.4, -0.2) is 14.5 Å². The summed E-state index contributed by atoms with van der Waals surface area (Å²) in [5, 5.41) is 0. The number of pyridine rings is 1. The second kappa shape index (κ2) is 3.08. The Morgan fingerprint density at radius 2 is 2.21 bits per heavy atom. The number of rotatable bonds is 0. The Balaban J connectivity index is 2.24. The van der Waals surface area contributed by atoms with Crippen molar-refractivity contribution in [2.45, 2.75) is 32.2 Å². The predicted octanol–water partition coefficient (Wildman–Crippen LogP) is 2.16. The van der Waals surface area contributed by atoms with Crippen LogP contribution in [0.3, 0.4) is 0 Å². The summed E-state index contributed by atoms with van der Waals surface area (Å²) in [6, 6.07) is 2.00. The van der Waals surface area contributed by atoms with Crippen molar-refractivity contribution < 1.29 is 0 Å². The Morgan fingerprint density at radius 3 is 3.21 bits per heavy atom. The van der Waals surface area contributed by atoms with Crippen LogP contribution in [0.2, 0.25) is 0 Å². The van der Waals surface area contributed by atoms with E-state index >= 15 is 0 Å². The molecule has 0 atom stereocenters. The van der Waals surface area contributed by atoms with Crippen molar-refractivity contribution in [3.8, 4) is 0 Å². The zero-order chi connectivity index (χ0) is 9.38. The van der Waals surface area contributed by atoms with Crippen molar-refractivity contribution in [1.29, 1.82) is 0 Å². The fraction of sp³-hybridized carbons (Fsp3) is 0.455. The normalized spacial score (nSPS) is 16.6. The van der Waals surface area contributed by atoms with Crippen LogP contribution < -0.4 is 0 Å². The fourth-order valence-electron chi connectivity index (χ4n) is 2.19. The molecule has 2 aromatic heterocycles. The molecule has 14 heavy (non-hydrogen) atoms. The number of aromatic nitrogens is 3. The third kappa shape index (κ3) is 1.12. The third-order valence-corrected chi connectivity index (χ3v) is 2.91. The van der Waals surface area contributed by atoms with Gasteiger partial charge >= 0.3 is 0 Å². The van der Waals surface area contributed by atoms with Gasteiger partial charge in [0.15, 0.2) is 0 Å². The van der Waals surface area contributed by atoms with Crippen LogP contribution in [-0.2, 0) is 13.0 Å². The van der Waals surface area contributed by atoms with Crippen molar-refractivity contribution in [3.63, 3.8) is 0 Å². The van der Waals surface area contributed by atoms with Crippen molar-refractivity contribution in [2.24, 2.45) is 0 Å². The van der Waals surface area contributed by atoms with E-state index in [-0.39, 0.29) is 0 Å². The average molecular weight is 187 g/mol. The van der Waals surface area contributed by atoms with E-state index in [0.29, 0.717) is 0 Å². The standard InChI is InChI=1S/C11H13N3/c1-2-4-11-13-9-5-6-12-8-10(9)14(11)7-3-1/h5-6,8H,1-4,7H2. The Kier molecular flexibility index (Phi) is 1.76. The molecule has 72 valence electrons. The minimum absolute atomic E-state index is 1.09. The van der Waals surface area contributed by atoms with Gasteiger partial charge in [0.1, 0.15) is 5.82 Å². The number of hydrogen-bond donors (Lipinski definition) is 0. The molecule has 0 unspecified atom stereocenters. The molecule has 0 amide bonds. The lowest BCUT2D eigenvalue weighted by molar-refractivity contribution is 0.647. The lowest BCUT2D eigenvalue weighted by Gasteiger charge is -2.02. The zero-order valence-corrected chi connectivity index (χ0v) is 8.11. The van der Waals surface area contributed by atoms with Crippen molar-refractivity contribution in [3.05, 3.63) is 24.3 Å². The summed E-state index contributed by atoms with van der Waals surface area (Å²) in [6.45, 7) is 1.11. The van der Waals surface area contributed by atoms with Gasteiger partial charge in [-0.05, 0) is 18.9 Å². The van der Waals surface area contributed by atoms with E-state index in [1.165, 1.54) is 30.6 Å². The highest BCUT2D eigenvalue weighted by Crippen LogP contribution is 2.20. The monoisotopic (exact) mass is 187 g/mol. The molecule has 0 spiro atoms. The van der Waals surface area contributed by atoms with Gasteiger partial charge < -0.3 is 4.57 Å². The molecule has 0 aromatic carbocycles. The maximum Gasteiger partial charge on any atom is 0.109 e. The molecule has 0 radical (unpaired) electrons. The second-order valence-electron chi connectivity index (χ2n) is 3.85. The first kappa shape index (κ1) is 7.97. The van der Waals surface area contributed by atoms with Crippen LogP contribution in [0.4, 0.5) is 0 Å². The van der Waals surface area contributed by atoms with Crippen LogP contribution in [0.5, 0.6) is 0 Å². The van der Waals surface area contributed by atoms with E-state index in [0.717, 1.165) is 18.5 Å². The summed E-state index contributed by atoms with van der Waals surface area (Å²) >= 11 is 0. The van der Waals surface area contributed by atoms with E-state index in [1.807, 2.05) is 18.5 Å². The SMILES string of the molecule is c1cc2nc3n(c2cn1)CCCCC3. The van der Waals surface area contributed by atoms with Gasteiger partial charge in [-0.15, -0.1) is 0 Å². The van der Waals surface area contributed by atoms with Gasteiger partial charge in [0.05, 0.1) is 17.2 Å². The van der Waals surface area contributed by atoms with Crippen LogP contribution in [0.25, 0.3) is 11.0 Å². The van der Waals surface area contributed by atoms with Crippen molar-refractivity contribution >= 4 is 11.0 Å². The number of nitrogens with zero attached hydrogens (tertiary/aromatic N) is 3. The second-order valence-corrected chi connectivity index (χ2v) is 3.85. The van der Waals surface area contributed by atoms with Gasteiger partial charge in [0.25, 0.3) is 0 Å². The van der Waals surface area contributed by atoms with E-state index in [2.05, 4.69) is 14.5 Å². The van der Waals surface area contributed by atoms with Gasteiger partial charge in [0.2, 0.25) is 0 Å². The third-order valence-electron chi connectivity index (χ3n) is 2.91. The number of fused-ring (bicyclic) bond motifs is 3. The van der Waals surface area contributed by atoms with Gasteiger partial charge in [-0.25, -0.2) is 4.98 Å². The zero-order valence-electron chi connectivity index (χ0n) is 8.11. The number of hydrogen-bond acceptors (Lipinski definition) is 2. The molecule has 3 nitrogen and oxygen atoms in total. The maximum absolute atomic E-state index is 4.64. The average Bonchev–Trinajstić information content (AvgIpc) is 2.42. The molecule has 1 aliphatic heterocycles. The van der Waals surface area contributed by atoms with Crippen LogP contribution in [0.15, 0.2) is 18.5 Å². The summed E-state index contributed by atoms with van der Waals surface area (Å²) in [7, 11) is 0. The quantitative estimate of drug-likeness (QED) is 0.632. The minimum atomic E-state index is 1.09. The first-order valence-corrected chi connectivity index (χ1v) is 5.24. The highest BCUT2D eigenvalue weighted by atomic mass is 15.1. The molecule has 3 heteroatoms. The molecule has 0 saturated carbocycles. The highest BCUT2D eigenvalue weighted by molar-refractivity contribution is 5.74. The van der Waals surface area contributed by atoms with Crippen LogP contribution in [0, 0.1) is 0 Å². The van der Waals surface area contributed by atoms with Gasteiger partial charge in [0, 0.05) is 19.2 Å². The molecule has 0 fully saturated rings. The van der Waals surface area contributed by atoms with E-state index in [1.54, 1.807) is 0 Å². The molecule has 2 aromatic rings. The maximum atomic E-state index is 4.64. The molecule has 1 aliphatic rings. The van der Waals surface area contributed by atoms with E-state index in [4.69, 9.17) is 0 Å². The topological polar surface area (TPSA) is 30.7 Å². The molecule has 3 heterocycles. The summed E-state index contributed by atoms with van der Waals surface area (Å²) in [4.78, 5) is 8.80. The first-order chi connectivity index (χ1) is 6.95. The molecule has 0 bridgehead atoms.